The Morgan fingerprint density at radius 2 is 1.82 bits per heavy atom. The number of nitrogens with zero attached hydrogens (tertiary/aromatic N) is 4. The van der Waals surface area contributed by atoms with Gasteiger partial charge in [0.15, 0.2) is 0 Å². The predicted molar refractivity (Wildman–Crippen MR) is 87.5 cm³/mol. The number of pyridine rings is 1. The van der Waals surface area contributed by atoms with Crippen LogP contribution in [0, 0.1) is 5.92 Å². The molecule has 1 aliphatic rings. The summed E-state index contributed by atoms with van der Waals surface area (Å²) in [5.74, 6) is 0.584. The van der Waals surface area contributed by atoms with Gasteiger partial charge in [-0.15, -0.1) is 0 Å². The largest absolute Gasteiger partial charge is 0.463 e. The van der Waals surface area contributed by atoms with Crippen LogP contribution in [0.4, 0.5) is 0 Å². The summed E-state index contributed by atoms with van der Waals surface area (Å²) < 4.78 is 6.55. The molecule has 0 aliphatic carbocycles. The molecule has 2 aromatic rings. The van der Waals surface area contributed by atoms with Crippen molar-refractivity contribution in [2.45, 2.75) is 19.4 Å². The van der Waals surface area contributed by atoms with Crippen LogP contribution in [-0.4, -0.2) is 39.5 Å². The van der Waals surface area contributed by atoms with Crippen LogP contribution in [0.2, 0.25) is 0 Å². The Labute approximate surface area is 138 Å². The van der Waals surface area contributed by atoms with E-state index in [0.29, 0.717) is 18.5 Å². The summed E-state index contributed by atoms with van der Waals surface area (Å²) in [7, 11) is 0. The first kappa shape index (κ1) is 15.4. The lowest BCUT2D eigenvalue weighted by Crippen LogP contribution is -2.35. The molecule has 0 N–H and O–H groups in total. The number of halogens is 1. The van der Waals surface area contributed by atoms with Crippen LogP contribution in [0.5, 0.6) is 6.01 Å². The molecule has 1 saturated heterocycles. The van der Waals surface area contributed by atoms with E-state index in [9.17, 15) is 0 Å². The summed E-state index contributed by atoms with van der Waals surface area (Å²) in [6.07, 6.45) is 9.44. The Bertz CT molecular complexity index is 570. The molecule has 1 aliphatic heterocycles. The molecule has 3 heterocycles. The van der Waals surface area contributed by atoms with Crippen molar-refractivity contribution in [3.05, 3.63) is 47.0 Å². The van der Waals surface area contributed by atoms with E-state index in [-0.39, 0.29) is 0 Å². The maximum atomic E-state index is 5.68. The predicted octanol–water partition coefficient (Wildman–Crippen LogP) is 2.93. The Morgan fingerprint density at radius 3 is 2.50 bits per heavy atom. The zero-order valence-corrected chi connectivity index (χ0v) is 13.9. The molecule has 5 nitrogen and oxygen atoms in total. The highest BCUT2D eigenvalue weighted by Gasteiger charge is 2.20. The molecular formula is C16H19BrN4O. The van der Waals surface area contributed by atoms with E-state index in [1.807, 2.05) is 12.4 Å². The van der Waals surface area contributed by atoms with E-state index >= 15 is 0 Å². The highest BCUT2D eigenvalue weighted by Crippen LogP contribution is 2.20. The average Bonchev–Trinajstić information content (AvgIpc) is 2.57. The SMILES string of the molecule is Brc1cnc(OCC2CCN(Cc3ccncc3)CC2)nc1. The molecule has 0 unspecified atom stereocenters. The number of likely N-dealkylation sites (tertiary alicyclic amines) is 1. The van der Waals surface area contributed by atoms with E-state index < -0.39 is 0 Å². The minimum Gasteiger partial charge on any atom is -0.463 e. The third kappa shape index (κ3) is 4.48. The van der Waals surface area contributed by atoms with Gasteiger partial charge in [0, 0.05) is 31.3 Å². The van der Waals surface area contributed by atoms with E-state index in [1.165, 1.54) is 5.56 Å². The highest BCUT2D eigenvalue weighted by atomic mass is 79.9. The topological polar surface area (TPSA) is 51.1 Å². The number of aromatic nitrogens is 3. The first-order valence-electron chi connectivity index (χ1n) is 7.51. The summed E-state index contributed by atoms with van der Waals surface area (Å²) >= 11 is 3.32. The molecular weight excluding hydrogens is 344 g/mol. The lowest BCUT2D eigenvalue weighted by molar-refractivity contribution is 0.132. The molecule has 0 aromatic carbocycles. The monoisotopic (exact) mass is 362 g/mol. The minimum atomic E-state index is 0.461. The molecule has 0 amide bonds. The highest BCUT2D eigenvalue weighted by molar-refractivity contribution is 9.10. The third-order valence-corrected chi connectivity index (χ3v) is 4.32. The second-order valence-corrected chi connectivity index (χ2v) is 6.49. The summed E-state index contributed by atoms with van der Waals surface area (Å²) in [5.41, 5.74) is 1.33. The molecule has 0 saturated carbocycles. The van der Waals surface area contributed by atoms with Gasteiger partial charge in [0.05, 0.1) is 11.1 Å². The Kier molecular flexibility index (Phi) is 5.34. The molecule has 3 rings (SSSR count). The molecule has 22 heavy (non-hydrogen) atoms. The van der Waals surface area contributed by atoms with Gasteiger partial charge in [-0.05, 0) is 65.5 Å². The summed E-state index contributed by atoms with van der Waals surface area (Å²) in [5, 5.41) is 0. The van der Waals surface area contributed by atoms with Crippen molar-refractivity contribution in [1.29, 1.82) is 0 Å². The van der Waals surface area contributed by atoms with Crippen LogP contribution in [0.1, 0.15) is 18.4 Å². The van der Waals surface area contributed by atoms with Crippen molar-refractivity contribution >= 4 is 15.9 Å². The molecule has 0 atom stereocenters. The van der Waals surface area contributed by atoms with Crippen LogP contribution in [0.25, 0.3) is 0 Å². The second kappa shape index (κ2) is 7.65. The van der Waals surface area contributed by atoms with E-state index in [0.717, 1.165) is 36.9 Å². The fourth-order valence-electron chi connectivity index (χ4n) is 2.62. The molecule has 2 aromatic heterocycles. The molecule has 116 valence electrons. The van der Waals surface area contributed by atoms with Crippen molar-refractivity contribution in [2.75, 3.05) is 19.7 Å². The Hall–Kier alpha value is -1.53. The quantitative estimate of drug-likeness (QED) is 0.818. The summed E-state index contributed by atoms with van der Waals surface area (Å²) in [4.78, 5) is 14.8. The number of rotatable bonds is 5. The van der Waals surface area contributed by atoms with Crippen LogP contribution >= 0.6 is 15.9 Å². The van der Waals surface area contributed by atoms with Crippen molar-refractivity contribution in [3.63, 3.8) is 0 Å². The molecule has 0 bridgehead atoms. The molecule has 1 fully saturated rings. The van der Waals surface area contributed by atoms with Gasteiger partial charge >= 0.3 is 6.01 Å². The summed E-state index contributed by atoms with van der Waals surface area (Å²) in [6, 6.07) is 4.63. The number of ether oxygens (including phenoxy) is 1. The first-order valence-corrected chi connectivity index (χ1v) is 8.30. The average molecular weight is 363 g/mol. The minimum absolute atomic E-state index is 0.461. The fraction of sp³-hybridized carbons (Fsp3) is 0.438. The van der Waals surface area contributed by atoms with Gasteiger partial charge in [0.25, 0.3) is 0 Å². The molecule has 0 spiro atoms. The van der Waals surface area contributed by atoms with Crippen LogP contribution in [0.15, 0.2) is 41.4 Å². The van der Waals surface area contributed by atoms with E-state index in [1.54, 1.807) is 12.4 Å². The first-order chi connectivity index (χ1) is 10.8. The number of hydrogen-bond acceptors (Lipinski definition) is 5. The maximum absolute atomic E-state index is 5.68. The Morgan fingerprint density at radius 1 is 1.14 bits per heavy atom. The van der Waals surface area contributed by atoms with Crippen LogP contribution < -0.4 is 4.74 Å². The lowest BCUT2D eigenvalue weighted by Gasteiger charge is -2.31. The smallest absolute Gasteiger partial charge is 0.316 e. The molecule has 6 heteroatoms. The van der Waals surface area contributed by atoms with Gasteiger partial charge in [-0.25, -0.2) is 9.97 Å². The van der Waals surface area contributed by atoms with Gasteiger partial charge in [-0.3, -0.25) is 9.88 Å². The van der Waals surface area contributed by atoms with Crippen molar-refractivity contribution in [1.82, 2.24) is 19.9 Å². The van der Waals surface area contributed by atoms with Crippen molar-refractivity contribution in [2.24, 2.45) is 5.92 Å². The van der Waals surface area contributed by atoms with Crippen molar-refractivity contribution < 1.29 is 4.74 Å². The standard InChI is InChI=1S/C16H19BrN4O/c17-15-9-19-16(20-10-15)22-12-14-3-7-21(8-4-14)11-13-1-5-18-6-2-13/h1-2,5-6,9-10,14H,3-4,7-8,11-12H2. The maximum Gasteiger partial charge on any atom is 0.316 e. The number of piperidine rings is 1. The fourth-order valence-corrected chi connectivity index (χ4v) is 2.83. The van der Waals surface area contributed by atoms with Gasteiger partial charge < -0.3 is 4.74 Å². The van der Waals surface area contributed by atoms with E-state index in [2.05, 4.69) is 47.9 Å². The van der Waals surface area contributed by atoms with Crippen LogP contribution in [-0.2, 0) is 6.54 Å². The van der Waals surface area contributed by atoms with Gasteiger partial charge in [0.1, 0.15) is 0 Å². The van der Waals surface area contributed by atoms with Gasteiger partial charge in [-0.2, -0.15) is 0 Å². The third-order valence-electron chi connectivity index (χ3n) is 3.91. The van der Waals surface area contributed by atoms with Gasteiger partial charge in [-0.1, -0.05) is 0 Å². The lowest BCUT2D eigenvalue weighted by atomic mass is 9.97. The van der Waals surface area contributed by atoms with Gasteiger partial charge in [0.2, 0.25) is 0 Å². The zero-order chi connectivity index (χ0) is 15.2. The second-order valence-electron chi connectivity index (χ2n) is 5.57. The van der Waals surface area contributed by atoms with Crippen molar-refractivity contribution in [3.8, 4) is 6.01 Å². The normalized spacial score (nSPS) is 16.6. The zero-order valence-electron chi connectivity index (χ0n) is 12.4. The van der Waals surface area contributed by atoms with Crippen LogP contribution in [0.3, 0.4) is 0 Å². The Balaban J connectivity index is 1.41. The number of hydrogen-bond donors (Lipinski definition) is 0. The summed E-state index contributed by atoms with van der Waals surface area (Å²) in [6.45, 7) is 3.92. The molecule has 0 radical (unpaired) electrons. The van der Waals surface area contributed by atoms with E-state index in [4.69, 9.17) is 4.74 Å².